The Kier molecular flexibility index (Phi) is 6.99. The molecular weight excluding hydrogens is 542 g/mol. The number of nitrogens with zero attached hydrogens (tertiary/aromatic N) is 1. The Hall–Kier alpha value is -3.53. The summed E-state index contributed by atoms with van der Waals surface area (Å²) in [7, 11) is 0. The number of benzene rings is 3. The van der Waals surface area contributed by atoms with Gasteiger partial charge in [-0.3, -0.25) is 14.4 Å². The van der Waals surface area contributed by atoms with E-state index >= 15 is 0 Å². The van der Waals surface area contributed by atoms with Crippen molar-refractivity contribution >= 4 is 69.6 Å². The van der Waals surface area contributed by atoms with Crippen LogP contribution in [0.15, 0.2) is 77.5 Å². The molecule has 0 radical (unpaired) electrons. The lowest BCUT2D eigenvalue weighted by Gasteiger charge is -2.16. The Morgan fingerprint density at radius 1 is 0.833 bits per heavy atom. The van der Waals surface area contributed by atoms with Gasteiger partial charge in [0.2, 0.25) is 0 Å². The number of rotatable bonds is 5. The van der Waals surface area contributed by atoms with E-state index in [9.17, 15) is 27.6 Å². The van der Waals surface area contributed by atoms with Crippen LogP contribution in [0.2, 0.25) is 10.0 Å². The highest BCUT2D eigenvalue weighted by Crippen LogP contribution is 2.35. The third-order valence-corrected chi connectivity index (χ3v) is 6.18. The smallest absolute Gasteiger partial charge is 0.350 e. The molecule has 1 aliphatic rings. The van der Waals surface area contributed by atoms with E-state index < -0.39 is 29.5 Å². The summed E-state index contributed by atoms with van der Waals surface area (Å²) >= 11 is 18.0. The van der Waals surface area contributed by atoms with Gasteiger partial charge in [-0.25, -0.2) is 4.90 Å². The maximum absolute atomic E-state index is 13.2. The fourth-order valence-electron chi connectivity index (χ4n) is 3.35. The lowest BCUT2D eigenvalue weighted by molar-refractivity contribution is -0.137. The molecule has 12 heteroatoms. The van der Waals surface area contributed by atoms with Gasteiger partial charge >= 0.3 is 6.18 Å². The van der Waals surface area contributed by atoms with Crippen LogP contribution in [0.5, 0.6) is 0 Å². The van der Waals surface area contributed by atoms with Crippen molar-refractivity contribution in [1.82, 2.24) is 0 Å². The summed E-state index contributed by atoms with van der Waals surface area (Å²) in [4.78, 5) is 38.8. The third-order valence-electron chi connectivity index (χ3n) is 5.09. The molecule has 4 rings (SSSR count). The van der Waals surface area contributed by atoms with E-state index in [0.29, 0.717) is 5.69 Å². The molecule has 3 aromatic rings. The number of anilines is 3. The van der Waals surface area contributed by atoms with Crippen LogP contribution >= 0.6 is 34.8 Å². The number of imide groups is 1. The maximum Gasteiger partial charge on any atom is 0.418 e. The molecule has 3 aromatic carbocycles. The molecule has 6 nitrogen and oxygen atoms in total. The topological polar surface area (TPSA) is 78.5 Å². The number of halogens is 6. The predicted octanol–water partition coefficient (Wildman–Crippen LogP) is 6.70. The van der Waals surface area contributed by atoms with Crippen LogP contribution in [0, 0.1) is 0 Å². The monoisotopic (exact) mass is 553 g/mol. The van der Waals surface area contributed by atoms with Gasteiger partial charge in [-0.15, -0.1) is 0 Å². The molecule has 3 amide bonds. The lowest BCUT2D eigenvalue weighted by Crippen LogP contribution is -2.32. The minimum atomic E-state index is -4.64. The first-order valence-corrected chi connectivity index (χ1v) is 11.2. The number of carbonyl (C=O) groups is 3. The highest BCUT2D eigenvalue weighted by atomic mass is 35.5. The summed E-state index contributed by atoms with van der Waals surface area (Å²) in [6, 6.07) is 14.3. The average Bonchev–Trinajstić information content (AvgIpc) is 3.04. The second-order valence-electron chi connectivity index (χ2n) is 7.43. The van der Waals surface area contributed by atoms with E-state index in [4.69, 9.17) is 34.8 Å². The molecule has 0 spiro atoms. The van der Waals surface area contributed by atoms with Gasteiger partial charge in [0.05, 0.1) is 27.0 Å². The maximum atomic E-state index is 13.2. The molecule has 0 unspecified atom stereocenters. The van der Waals surface area contributed by atoms with Crippen LogP contribution in [-0.4, -0.2) is 17.7 Å². The van der Waals surface area contributed by atoms with Gasteiger partial charge in [0.25, 0.3) is 17.7 Å². The molecule has 0 fully saturated rings. The molecule has 0 saturated carbocycles. The summed E-state index contributed by atoms with van der Waals surface area (Å²) in [6.07, 6.45) is -4.64. The minimum absolute atomic E-state index is 0.0591. The molecule has 36 heavy (non-hydrogen) atoms. The molecule has 1 heterocycles. The Bertz CT molecular complexity index is 1420. The van der Waals surface area contributed by atoms with Crippen LogP contribution in [0.1, 0.15) is 15.9 Å². The van der Waals surface area contributed by atoms with Gasteiger partial charge in [0, 0.05) is 11.3 Å². The number of hydrogen-bond acceptors (Lipinski definition) is 4. The number of alkyl halides is 3. The zero-order chi connectivity index (χ0) is 26.2. The molecule has 0 saturated heterocycles. The summed E-state index contributed by atoms with van der Waals surface area (Å²) < 4.78 is 39.5. The van der Waals surface area contributed by atoms with Crippen molar-refractivity contribution in [2.75, 3.05) is 15.5 Å². The molecule has 0 aliphatic carbocycles. The summed E-state index contributed by atoms with van der Waals surface area (Å²) in [5.74, 6) is -2.29. The highest BCUT2D eigenvalue weighted by Gasteiger charge is 2.39. The first-order chi connectivity index (χ1) is 17.0. The standard InChI is InChI=1S/C24H13Cl3F3N3O3/c25-16-10-9-14(11-17(16)26)33-22(35)19(27)20(23(33)36)31-13-7-5-12(6-8-13)21(34)32-18-4-2-1-3-15(18)24(28,29)30/h1-11,31H,(H,32,34). The molecule has 0 aromatic heterocycles. The van der Waals surface area contributed by atoms with Crippen LogP contribution in [0.4, 0.5) is 30.2 Å². The first-order valence-electron chi connectivity index (χ1n) is 10.1. The SMILES string of the molecule is O=C(Nc1ccccc1C(F)(F)F)c1ccc(NC2=C(Cl)C(=O)N(c3ccc(Cl)c(Cl)c3)C2=O)cc1. The zero-order valence-corrected chi connectivity index (χ0v) is 20.1. The van der Waals surface area contributed by atoms with E-state index in [1.54, 1.807) is 0 Å². The Morgan fingerprint density at radius 2 is 1.50 bits per heavy atom. The molecule has 0 atom stereocenters. The Labute approximate surface area is 217 Å². The number of hydrogen-bond donors (Lipinski definition) is 2. The van der Waals surface area contributed by atoms with E-state index in [1.807, 2.05) is 0 Å². The quantitative estimate of drug-likeness (QED) is 0.344. The van der Waals surface area contributed by atoms with E-state index in [-0.39, 0.29) is 37.7 Å². The second-order valence-corrected chi connectivity index (χ2v) is 8.63. The molecule has 0 bridgehead atoms. The van der Waals surface area contributed by atoms with Crippen LogP contribution in [0.3, 0.4) is 0 Å². The van der Waals surface area contributed by atoms with Gasteiger partial charge in [-0.1, -0.05) is 46.9 Å². The van der Waals surface area contributed by atoms with Crippen LogP contribution in [0.25, 0.3) is 0 Å². The van der Waals surface area contributed by atoms with E-state index in [0.717, 1.165) is 17.0 Å². The van der Waals surface area contributed by atoms with Crippen molar-refractivity contribution in [2.45, 2.75) is 6.18 Å². The average molecular weight is 555 g/mol. The number of para-hydroxylation sites is 1. The van der Waals surface area contributed by atoms with Crippen molar-refractivity contribution < 1.29 is 27.6 Å². The normalized spacial score (nSPS) is 13.9. The second kappa shape index (κ2) is 9.85. The van der Waals surface area contributed by atoms with Gasteiger partial charge in [-0.2, -0.15) is 13.2 Å². The molecule has 2 N–H and O–H groups in total. The van der Waals surface area contributed by atoms with Gasteiger partial charge < -0.3 is 10.6 Å². The fourth-order valence-corrected chi connectivity index (χ4v) is 3.86. The van der Waals surface area contributed by atoms with Crippen molar-refractivity contribution in [3.05, 3.63) is 98.6 Å². The lowest BCUT2D eigenvalue weighted by atomic mass is 10.1. The van der Waals surface area contributed by atoms with E-state index in [2.05, 4.69) is 10.6 Å². The molecular formula is C24H13Cl3F3N3O3. The Morgan fingerprint density at radius 3 is 2.14 bits per heavy atom. The highest BCUT2D eigenvalue weighted by molar-refractivity contribution is 6.53. The van der Waals surface area contributed by atoms with Crippen LogP contribution in [-0.2, 0) is 15.8 Å². The molecule has 1 aliphatic heterocycles. The Balaban J connectivity index is 1.50. The number of carbonyl (C=O) groups excluding carboxylic acids is 3. The van der Waals surface area contributed by atoms with Crippen molar-refractivity contribution in [3.8, 4) is 0 Å². The third kappa shape index (κ3) is 5.04. The zero-order valence-electron chi connectivity index (χ0n) is 17.8. The van der Waals surface area contributed by atoms with E-state index in [1.165, 1.54) is 54.6 Å². The van der Waals surface area contributed by atoms with Gasteiger partial charge in [0.1, 0.15) is 10.7 Å². The van der Waals surface area contributed by atoms with Gasteiger partial charge in [0.15, 0.2) is 0 Å². The molecule has 184 valence electrons. The van der Waals surface area contributed by atoms with Gasteiger partial charge in [-0.05, 0) is 54.6 Å². The minimum Gasteiger partial charge on any atom is -0.350 e. The fraction of sp³-hybridized carbons (Fsp3) is 0.0417. The summed E-state index contributed by atoms with van der Waals surface area (Å²) in [5, 5.41) is 4.99. The number of nitrogens with one attached hydrogen (secondary N) is 2. The largest absolute Gasteiger partial charge is 0.418 e. The first kappa shape index (κ1) is 25.6. The predicted molar refractivity (Wildman–Crippen MR) is 131 cm³/mol. The van der Waals surface area contributed by atoms with Crippen LogP contribution < -0.4 is 15.5 Å². The number of amides is 3. The van der Waals surface area contributed by atoms with Crippen molar-refractivity contribution in [1.29, 1.82) is 0 Å². The van der Waals surface area contributed by atoms with Crippen molar-refractivity contribution in [2.24, 2.45) is 0 Å². The van der Waals surface area contributed by atoms with Crippen molar-refractivity contribution in [3.63, 3.8) is 0 Å². The summed E-state index contributed by atoms with van der Waals surface area (Å²) in [5.41, 5.74) is -1.04. The summed E-state index contributed by atoms with van der Waals surface area (Å²) in [6.45, 7) is 0.